The molecule has 2 aromatic rings. The van der Waals surface area contributed by atoms with Gasteiger partial charge in [0.05, 0.1) is 4.90 Å². The van der Waals surface area contributed by atoms with Gasteiger partial charge in [0.1, 0.15) is 0 Å². The molecule has 0 aliphatic carbocycles. The van der Waals surface area contributed by atoms with Crippen LogP contribution in [0, 0.1) is 0 Å². The molecule has 0 fully saturated rings. The first-order chi connectivity index (χ1) is 9.92. The van der Waals surface area contributed by atoms with E-state index in [1.54, 1.807) is 24.3 Å². The molecule has 0 aliphatic heterocycles. The first-order valence-corrected chi connectivity index (χ1v) is 8.79. The molecule has 7 heteroatoms. The average Bonchev–Trinajstić information content (AvgIpc) is 2.46. The van der Waals surface area contributed by atoms with Crippen LogP contribution in [0.4, 0.5) is 5.69 Å². The number of hydrogen-bond acceptors (Lipinski definition) is 3. The standard InChI is InChI=1S/C14H14BrClN2O2S/c1-17-21(19,20)13-4-2-3-12(8-13)18-9-10-5-6-11(15)7-14(10)16/h2-8,17-18H,9H2,1H3. The SMILES string of the molecule is CNS(=O)(=O)c1cccc(NCc2ccc(Br)cc2Cl)c1. The van der Waals surface area contributed by atoms with Crippen LogP contribution in [-0.2, 0) is 16.6 Å². The predicted molar refractivity (Wildman–Crippen MR) is 89.2 cm³/mol. The van der Waals surface area contributed by atoms with Crippen molar-refractivity contribution in [2.45, 2.75) is 11.4 Å². The van der Waals surface area contributed by atoms with Crippen molar-refractivity contribution in [3.05, 3.63) is 57.5 Å². The summed E-state index contributed by atoms with van der Waals surface area (Å²) in [6.45, 7) is 0.509. The van der Waals surface area contributed by atoms with Gasteiger partial charge in [-0.2, -0.15) is 0 Å². The molecule has 0 unspecified atom stereocenters. The lowest BCUT2D eigenvalue weighted by Gasteiger charge is -2.10. The highest BCUT2D eigenvalue weighted by molar-refractivity contribution is 9.10. The first kappa shape index (κ1) is 16.3. The lowest BCUT2D eigenvalue weighted by atomic mass is 10.2. The van der Waals surface area contributed by atoms with Crippen molar-refractivity contribution in [2.75, 3.05) is 12.4 Å². The van der Waals surface area contributed by atoms with Crippen LogP contribution in [0.15, 0.2) is 51.8 Å². The second-order valence-electron chi connectivity index (χ2n) is 4.32. The minimum absolute atomic E-state index is 0.219. The summed E-state index contributed by atoms with van der Waals surface area (Å²) >= 11 is 9.50. The molecule has 21 heavy (non-hydrogen) atoms. The van der Waals surface area contributed by atoms with Gasteiger partial charge in [0, 0.05) is 21.7 Å². The van der Waals surface area contributed by atoms with Gasteiger partial charge in [0.2, 0.25) is 10.0 Å². The Morgan fingerprint density at radius 2 is 1.95 bits per heavy atom. The normalized spacial score (nSPS) is 11.4. The van der Waals surface area contributed by atoms with Gasteiger partial charge >= 0.3 is 0 Å². The number of rotatable bonds is 5. The number of halogens is 2. The summed E-state index contributed by atoms with van der Waals surface area (Å²) in [6, 6.07) is 12.3. The number of benzene rings is 2. The Hall–Kier alpha value is -1.08. The predicted octanol–water partition coefficient (Wildman–Crippen LogP) is 3.62. The van der Waals surface area contributed by atoms with Crippen molar-refractivity contribution in [1.82, 2.24) is 4.72 Å². The minimum atomic E-state index is -3.44. The molecule has 0 amide bonds. The van der Waals surface area contributed by atoms with Gasteiger partial charge in [0.15, 0.2) is 0 Å². The number of nitrogens with one attached hydrogen (secondary N) is 2. The van der Waals surface area contributed by atoms with E-state index in [0.717, 1.165) is 10.0 Å². The fraction of sp³-hybridized carbons (Fsp3) is 0.143. The molecule has 0 heterocycles. The Balaban J connectivity index is 2.16. The van der Waals surface area contributed by atoms with E-state index in [2.05, 4.69) is 26.0 Å². The fourth-order valence-corrected chi connectivity index (χ4v) is 3.27. The maximum Gasteiger partial charge on any atom is 0.240 e. The van der Waals surface area contributed by atoms with Crippen LogP contribution >= 0.6 is 27.5 Å². The summed E-state index contributed by atoms with van der Waals surface area (Å²) in [7, 11) is -2.05. The zero-order valence-electron chi connectivity index (χ0n) is 11.2. The summed E-state index contributed by atoms with van der Waals surface area (Å²) in [4.78, 5) is 0.219. The quantitative estimate of drug-likeness (QED) is 0.821. The molecule has 0 atom stereocenters. The highest BCUT2D eigenvalue weighted by Crippen LogP contribution is 2.23. The molecule has 0 aliphatic rings. The summed E-state index contributed by atoms with van der Waals surface area (Å²) in [6.07, 6.45) is 0. The maximum absolute atomic E-state index is 11.8. The Morgan fingerprint density at radius 1 is 1.19 bits per heavy atom. The lowest BCUT2D eigenvalue weighted by molar-refractivity contribution is 0.588. The van der Waals surface area contributed by atoms with E-state index < -0.39 is 10.0 Å². The Morgan fingerprint density at radius 3 is 2.62 bits per heavy atom. The molecule has 112 valence electrons. The van der Waals surface area contributed by atoms with Crippen molar-refractivity contribution in [1.29, 1.82) is 0 Å². The highest BCUT2D eigenvalue weighted by atomic mass is 79.9. The molecular weight excluding hydrogens is 376 g/mol. The molecule has 0 radical (unpaired) electrons. The molecule has 4 nitrogen and oxygen atoms in total. The second-order valence-corrected chi connectivity index (χ2v) is 7.53. The van der Waals surface area contributed by atoms with Gasteiger partial charge < -0.3 is 5.32 Å². The van der Waals surface area contributed by atoms with Crippen LogP contribution < -0.4 is 10.0 Å². The van der Waals surface area contributed by atoms with E-state index in [-0.39, 0.29) is 4.90 Å². The summed E-state index contributed by atoms with van der Waals surface area (Å²) in [5.41, 5.74) is 1.65. The molecule has 0 spiro atoms. The van der Waals surface area contributed by atoms with Crippen molar-refractivity contribution in [2.24, 2.45) is 0 Å². The molecule has 0 bridgehead atoms. The van der Waals surface area contributed by atoms with Crippen LogP contribution in [0.5, 0.6) is 0 Å². The summed E-state index contributed by atoms with van der Waals surface area (Å²) in [5, 5.41) is 3.81. The van der Waals surface area contributed by atoms with Gasteiger partial charge in [-0.05, 0) is 42.9 Å². The number of anilines is 1. The van der Waals surface area contributed by atoms with Crippen molar-refractivity contribution < 1.29 is 8.42 Å². The van der Waals surface area contributed by atoms with Gasteiger partial charge in [-0.25, -0.2) is 13.1 Å². The average molecular weight is 390 g/mol. The van der Waals surface area contributed by atoms with Crippen LogP contribution in [-0.4, -0.2) is 15.5 Å². The third-order valence-electron chi connectivity index (χ3n) is 2.91. The molecular formula is C14H14BrClN2O2S. The van der Waals surface area contributed by atoms with Crippen molar-refractivity contribution in [3.8, 4) is 0 Å². The molecule has 2 N–H and O–H groups in total. The first-order valence-electron chi connectivity index (χ1n) is 6.14. The minimum Gasteiger partial charge on any atom is -0.381 e. The largest absolute Gasteiger partial charge is 0.381 e. The smallest absolute Gasteiger partial charge is 0.240 e. The molecule has 0 saturated heterocycles. The lowest BCUT2D eigenvalue weighted by Crippen LogP contribution is -2.18. The van der Waals surface area contributed by atoms with E-state index in [4.69, 9.17) is 11.6 Å². The zero-order valence-corrected chi connectivity index (χ0v) is 14.4. The Bertz CT molecular complexity index is 750. The van der Waals surface area contributed by atoms with Gasteiger partial charge in [-0.1, -0.05) is 39.7 Å². The topological polar surface area (TPSA) is 58.2 Å². The van der Waals surface area contributed by atoms with E-state index >= 15 is 0 Å². The van der Waals surface area contributed by atoms with Crippen LogP contribution in [0.2, 0.25) is 5.02 Å². The van der Waals surface area contributed by atoms with Crippen LogP contribution in [0.25, 0.3) is 0 Å². The van der Waals surface area contributed by atoms with Gasteiger partial charge in [-0.3, -0.25) is 0 Å². The monoisotopic (exact) mass is 388 g/mol. The van der Waals surface area contributed by atoms with E-state index in [1.807, 2.05) is 18.2 Å². The van der Waals surface area contributed by atoms with Gasteiger partial charge in [0.25, 0.3) is 0 Å². The molecule has 2 aromatic carbocycles. The third kappa shape index (κ3) is 4.20. The van der Waals surface area contributed by atoms with Crippen molar-refractivity contribution in [3.63, 3.8) is 0 Å². The van der Waals surface area contributed by atoms with E-state index in [1.165, 1.54) is 7.05 Å². The third-order valence-corrected chi connectivity index (χ3v) is 5.17. The fourth-order valence-electron chi connectivity index (χ4n) is 1.75. The van der Waals surface area contributed by atoms with Crippen LogP contribution in [0.1, 0.15) is 5.56 Å². The van der Waals surface area contributed by atoms with Crippen molar-refractivity contribution >= 4 is 43.2 Å². The zero-order chi connectivity index (χ0) is 15.5. The highest BCUT2D eigenvalue weighted by Gasteiger charge is 2.11. The van der Waals surface area contributed by atoms with Crippen LogP contribution in [0.3, 0.4) is 0 Å². The Labute approximate surface area is 137 Å². The molecule has 2 rings (SSSR count). The molecule has 0 aromatic heterocycles. The number of sulfonamides is 1. The second kappa shape index (κ2) is 6.79. The Kier molecular flexibility index (Phi) is 5.27. The van der Waals surface area contributed by atoms with E-state index in [9.17, 15) is 8.42 Å². The maximum atomic E-state index is 11.8. The summed E-state index contributed by atoms with van der Waals surface area (Å²) in [5.74, 6) is 0. The summed E-state index contributed by atoms with van der Waals surface area (Å²) < 4.78 is 26.7. The number of hydrogen-bond donors (Lipinski definition) is 2. The van der Waals surface area contributed by atoms with E-state index in [0.29, 0.717) is 17.3 Å². The molecule has 0 saturated carbocycles. The van der Waals surface area contributed by atoms with Gasteiger partial charge in [-0.15, -0.1) is 0 Å².